The Morgan fingerprint density at radius 1 is 1.00 bits per heavy atom. The number of anilines is 1. The second-order valence-corrected chi connectivity index (χ2v) is 8.87. The monoisotopic (exact) mass is 470 g/mol. The van der Waals surface area contributed by atoms with Crippen LogP contribution in [-0.4, -0.2) is 18.2 Å². The van der Waals surface area contributed by atoms with Crippen molar-refractivity contribution in [2.24, 2.45) is 5.92 Å². The van der Waals surface area contributed by atoms with Crippen LogP contribution in [0.2, 0.25) is 0 Å². The zero-order valence-electron chi connectivity index (χ0n) is 19.4. The van der Waals surface area contributed by atoms with E-state index in [1.54, 1.807) is 13.2 Å². The number of allylic oxidation sites excluding steroid dienone is 1. The lowest BCUT2D eigenvalue weighted by Gasteiger charge is -2.32. The number of hydrazine groups is 1. The molecule has 1 heterocycles. The number of aliphatic carboxylic acids is 1. The molecule has 3 N–H and O–H groups in total. The van der Waals surface area contributed by atoms with E-state index in [0.717, 1.165) is 58.2 Å². The van der Waals surface area contributed by atoms with Gasteiger partial charge in [0.05, 0.1) is 12.8 Å². The summed E-state index contributed by atoms with van der Waals surface area (Å²) in [6.07, 6.45) is 4.81. The Morgan fingerprint density at radius 2 is 1.69 bits per heavy atom. The molecule has 0 saturated heterocycles. The minimum Gasteiger partial charge on any atom is -0.497 e. The smallest absolute Gasteiger partial charge is 0.328 e. The molecule has 0 spiro atoms. The van der Waals surface area contributed by atoms with E-state index in [4.69, 9.17) is 9.84 Å². The predicted octanol–water partition coefficient (Wildman–Crippen LogP) is 6.45. The van der Waals surface area contributed by atoms with Gasteiger partial charge in [-0.1, -0.05) is 48.9 Å². The number of benzene rings is 3. The second-order valence-electron chi connectivity index (χ2n) is 8.87. The number of hydrogen-bond donors (Lipinski definition) is 3. The minimum atomic E-state index is -1.28. The summed E-state index contributed by atoms with van der Waals surface area (Å²) < 4.78 is 19.9. The van der Waals surface area contributed by atoms with Crippen molar-refractivity contribution in [3.63, 3.8) is 0 Å². The van der Waals surface area contributed by atoms with Crippen LogP contribution in [-0.2, 0) is 4.79 Å². The number of fused-ring (bicyclic) bond motifs is 1. The van der Waals surface area contributed by atoms with Crippen molar-refractivity contribution in [3.05, 3.63) is 101 Å². The molecule has 1 aliphatic carbocycles. The van der Waals surface area contributed by atoms with Gasteiger partial charge in [-0.2, -0.15) is 0 Å². The molecule has 1 aliphatic heterocycles. The molecule has 3 aromatic rings. The average molecular weight is 471 g/mol. The van der Waals surface area contributed by atoms with E-state index >= 15 is 0 Å². The third kappa shape index (κ3) is 4.70. The maximum atomic E-state index is 14.5. The molecule has 3 aromatic carbocycles. The van der Waals surface area contributed by atoms with Crippen molar-refractivity contribution in [2.45, 2.75) is 25.6 Å². The van der Waals surface area contributed by atoms with E-state index in [1.807, 2.05) is 54.6 Å². The molecule has 0 aromatic heterocycles. The Balaban J connectivity index is 1.69. The van der Waals surface area contributed by atoms with Crippen LogP contribution < -0.4 is 15.6 Å². The van der Waals surface area contributed by atoms with Gasteiger partial charge in [0.15, 0.2) is 6.30 Å². The molecular weight excluding hydrogens is 443 g/mol. The topological polar surface area (TPSA) is 70.6 Å². The van der Waals surface area contributed by atoms with Crippen LogP contribution in [0.5, 0.6) is 5.75 Å². The Bertz CT molecular complexity index is 1290. The maximum absolute atomic E-state index is 14.5. The molecule has 1 saturated carbocycles. The van der Waals surface area contributed by atoms with Gasteiger partial charge < -0.3 is 15.3 Å². The van der Waals surface area contributed by atoms with Crippen LogP contribution in [0.15, 0.2) is 72.8 Å². The molecule has 6 heteroatoms. The average Bonchev–Trinajstić information content (AvgIpc) is 3.22. The fourth-order valence-corrected chi connectivity index (χ4v) is 4.72. The highest BCUT2D eigenvalue weighted by Crippen LogP contribution is 2.46. The molecule has 5 nitrogen and oxygen atoms in total. The van der Waals surface area contributed by atoms with Crippen molar-refractivity contribution < 1.29 is 19.0 Å². The lowest BCUT2D eigenvalue weighted by atomic mass is 9.73. The van der Waals surface area contributed by atoms with Crippen LogP contribution in [0, 0.1) is 5.92 Å². The number of carboxylic acids is 1. The zero-order valence-corrected chi connectivity index (χ0v) is 19.4. The molecule has 1 atom stereocenters. The number of carbonyl (C=O) groups is 1. The van der Waals surface area contributed by atoms with Gasteiger partial charge in [-0.15, -0.1) is 0 Å². The molecular formula is C29H27FN2O3. The first kappa shape index (κ1) is 22.9. The number of ether oxygens (including phenoxy) is 1. The molecule has 1 fully saturated rings. The summed E-state index contributed by atoms with van der Waals surface area (Å²) >= 11 is 0. The van der Waals surface area contributed by atoms with Crippen molar-refractivity contribution in [1.29, 1.82) is 0 Å². The van der Waals surface area contributed by atoms with E-state index in [2.05, 4.69) is 23.0 Å². The number of alkyl halides is 1. The van der Waals surface area contributed by atoms with Gasteiger partial charge >= 0.3 is 5.97 Å². The first-order valence-corrected chi connectivity index (χ1v) is 11.7. The van der Waals surface area contributed by atoms with E-state index in [1.165, 1.54) is 12.0 Å². The summed E-state index contributed by atoms with van der Waals surface area (Å²) in [5.41, 5.74) is 13.0. The van der Waals surface area contributed by atoms with Gasteiger partial charge in [0.1, 0.15) is 5.75 Å². The maximum Gasteiger partial charge on any atom is 0.328 e. The quantitative estimate of drug-likeness (QED) is 0.210. The Morgan fingerprint density at radius 3 is 2.31 bits per heavy atom. The highest BCUT2D eigenvalue weighted by Gasteiger charge is 2.28. The molecule has 1 unspecified atom stereocenters. The van der Waals surface area contributed by atoms with Gasteiger partial charge in [-0.25, -0.2) is 14.6 Å². The fourth-order valence-electron chi connectivity index (χ4n) is 4.72. The summed E-state index contributed by atoms with van der Waals surface area (Å²) in [7, 11) is 1.66. The van der Waals surface area contributed by atoms with Gasteiger partial charge in [0.2, 0.25) is 0 Å². The van der Waals surface area contributed by atoms with Crippen molar-refractivity contribution in [3.8, 4) is 5.75 Å². The SMILES string of the molecule is COc1ccc(/C(=C(\c2ccc(/C=C/C(=O)O)cc2)c2ccc3c(c2)C(F)NN3)C2CCC2)cc1. The largest absolute Gasteiger partial charge is 0.497 e. The summed E-state index contributed by atoms with van der Waals surface area (Å²) in [6.45, 7) is 0. The number of methoxy groups -OCH3 is 1. The van der Waals surface area contributed by atoms with Crippen molar-refractivity contribution >= 4 is 28.9 Å². The molecule has 0 amide bonds. The van der Waals surface area contributed by atoms with Crippen LogP contribution in [0.25, 0.3) is 17.2 Å². The highest BCUT2D eigenvalue weighted by molar-refractivity contribution is 6.00. The first-order chi connectivity index (χ1) is 17.0. The lowest BCUT2D eigenvalue weighted by molar-refractivity contribution is -0.131. The van der Waals surface area contributed by atoms with Crippen LogP contribution in [0.3, 0.4) is 0 Å². The molecule has 2 aliphatic rings. The second kappa shape index (κ2) is 9.76. The van der Waals surface area contributed by atoms with Gasteiger partial charge in [0, 0.05) is 11.6 Å². The van der Waals surface area contributed by atoms with Crippen LogP contribution >= 0.6 is 0 Å². The lowest BCUT2D eigenvalue weighted by Crippen LogP contribution is -2.15. The van der Waals surface area contributed by atoms with Crippen molar-refractivity contribution in [1.82, 2.24) is 5.43 Å². The molecule has 35 heavy (non-hydrogen) atoms. The van der Waals surface area contributed by atoms with Gasteiger partial charge in [0.25, 0.3) is 0 Å². The summed E-state index contributed by atoms with van der Waals surface area (Å²) in [5, 5.41) is 8.95. The van der Waals surface area contributed by atoms with E-state index in [-0.39, 0.29) is 0 Å². The third-order valence-electron chi connectivity index (χ3n) is 6.75. The Kier molecular flexibility index (Phi) is 6.38. The van der Waals surface area contributed by atoms with Gasteiger partial charge in [-0.3, -0.25) is 0 Å². The number of hydrogen-bond acceptors (Lipinski definition) is 4. The first-order valence-electron chi connectivity index (χ1n) is 11.7. The number of rotatable bonds is 7. The molecule has 5 rings (SSSR count). The minimum absolute atomic E-state index is 0.399. The Hall–Kier alpha value is -3.90. The van der Waals surface area contributed by atoms with E-state index < -0.39 is 12.3 Å². The molecule has 178 valence electrons. The van der Waals surface area contributed by atoms with Gasteiger partial charge in [-0.05, 0) is 82.5 Å². The van der Waals surface area contributed by atoms with Crippen molar-refractivity contribution in [2.75, 3.05) is 12.5 Å². The number of carboxylic acid groups (broad SMARTS) is 1. The van der Waals surface area contributed by atoms with E-state index in [0.29, 0.717) is 11.5 Å². The summed E-state index contributed by atoms with van der Waals surface area (Å²) in [5.74, 6) is 0.214. The zero-order chi connectivity index (χ0) is 24.4. The number of halogens is 1. The molecule has 0 bridgehead atoms. The summed E-state index contributed by atoms with van der Waals surface area (Å²) in [4.78, 5) is 10.9. The summed E-state index contributed by atoms with van der Waals surface area (Å²) in [6, 6.07) is 21.8. The highest BCUT2D eigenvalue weighted by atomic mass is 19.1. The normalized spacial score (nSPS) is 17.9. The van der Waals surface area contributed by atoms with Crippen LogP contribution in [0.4, 0.5) is 10.1 Å². The van der Waals surface area contributed by atoms with Crippen LogP contribution in [0.1, 0.15) is 53.4 Å². The predicted molar refractivity (Wildman–Crippen MR) is 136 cm³/mol. The Labute approximate surface area is 203 Å². The fraction of sp³-hybridized carbons (Fsp3) is 0.207. The molecule has 0 radical (unpaired) electrons. The van der Waals surface area contributed by atoms with E-state index in [9.17, 15) is 9.18 Å². The third-order valence-corrected chi connectivity index (χ3v) is 6.75. The standard InChI is InChI=1S/C29H27FN2O3/c1-35-23-13-10-21(11-14-23)27(19-3-2-4-19)28(20-8-5-18(6-9-20)7-16-26(33)34)22-12-15-25-24(17-22)29(30)32-31-25/h5-17,19,29,31-32H,2-4H2,1H3,(H,33,34)/b16-7+,28-27+. The number of nitrogens with one attached hydrogen (secondary N) is 2.